The minimum atomic E-state index is 0.472. The zero-order chi connectivity index (χ0) is 13.1. The van der Waals surface area contributed by atoms with Crippen molar-refractivity contribution in [1.82, 2.24) is 5.32 Å². The smallest absolute Gasteiger partial charge is 0.0351 e. The van der Waals surface area contributed by atoms with E-state index < -0.39 is 0 Å². The van der Waals surface area contributed by atoms with E-state index in [1.807, 2.05) is 0 Å². The SMILES string of the molecule is CC1CCC(c2ccccc2)NC1c1ccccc1. The monoisotopic (exact) mass is 251 g/mol. The fourth-order valence-corrected chi connectivity index (χ4v) is 3.09. The second kappa shape index (κ2) is 5.58. The summed E-state index contributed by atoms with van der Waals surface area (Å²) in [6, 6.07) is 22.6. The van der Waals surface area contributed by atoms with Gasteiger partial charge in [-0.2, -0.15) is 0 Å². The highest BCUT2D eigenvalue weighted by atomic mass is 15.0. The molecule has 3 unspecified atom stereocenters. The van der Waals surface area contributed by atoms with Gasteiger partial charge in [-0.25, -0.2) is 0 Å². The Morgan fingerprint density at radius 3 is 2.00 bits per heavy atom. The van der Waals surface area contributed by atoms with Gasteiger partial charge >= 0.3 is 0 Å². The Bertz CT molecular complexity index is 506. The van der Waals surface area contributed by atoms with Gasteiger partial charge in [0, 0.05) is 12.1 Å². The molecule has 1 nitrogen and oxygen atoms in total. The van der Waals surface area contributed by atoms with Crippen molar-refractivity contribution in [1.29, 1.82) is 0 Å². The highest BCUT2D eigenvalue weighted by molar-refractivity contribution is 5.24. The first-order chi connectivity index (χ1) is 9.34. The Morgan fingerprint density at radius 1 is 0.789 bits per heavy atom. The summed E-state index contributed by atoms with van der Waals surface area (Å²) < 4.78 is 0. The molecule has 1 heteroatoms. The molecule has 1 N–H and O–H groups in total. The van der Waals surface area contributed by atoms with Gasteiger partial charge in [0.05, 0.1) is 0 Å². The second-order valence-corrected chi connectivity index (χ2v) is 5.57. The summed E-state index contributed by atoms with van der Waals surface area (Å²) in [5, 5.41) is 3.84. The maximum atomic E-state index is 3.84. The topological polar surface area (TPSA) is 12.0 Å². The van der Waals surface area contributed by atoms with Gasteiger partial charge in [0.1, 0.15) is 0 Å². The Kier molecular flexibility index (Phi) is 3.65. The molecule has 0 aromatic heterocycles. The predicted molar refractivity (Wildman–Crippen MR) is 79.9 cm³/mol. The van der Waals surface area contributed by atoms with Crippen LogP contribution in [0.3, 0.4) is 0 Å². The fourth-order valence-electron chi connectivity index (χ4n) is 3.09. The van der Waals surface area contributed by atoms with Crippen LogP contribution in [0.25, 0.3) is 0 Å². The predicted octanol–water partition coefficient (Wildman–Crippen LogP) is 4.49. The van der Waals surface area contributed by atoms with Crippen LogP contribution in [-0.4, -0.2) is 0 Å². The zero-order valence-corrected chi connectivity index (χ0v) is 11.4. The van der Waals surface area contributed by atoms with Crippen molar-refractivity contribution in [3.8, 4) is 0 Å². The van der Waals surface area contributed by atoms with Gasteiger partial charge in [0.15, 0.2) is 0 Å². The summed E-state index contributed by atoms with van der Waals surface area (Å²) in [5.74, 6) is 0.697. The highest BCUT2D eigenvalue weighted by Crippen LogP contribution is 2.36. The molecule has 2 aromatic rings. The summed E-state index contributed by atoms with van der Waals surface area (Å²) in [4.78, 5) is 0. The number of benzene rings is 2. The van der Waals surface area contributed by atoms with Crippen molar-refractivity contribution < 1.29 is 0 Å². The maximum Gasteiger partial charge on any atom is 0.0351 e. The quantitative estimate of drug-likeness (QED) is 0.829. The first-order valence-electron chi connectivity index (χ1n) is 7.20. The number of hydrogen-bond acceptors (Lipinski definition) is 1. The van der Waals surface area contributed by atoms with Crippen LogP contribution in [0, 0.1) is 5.92 Å². The molecule has 1 aliphatic rings. The molecule has 19 heavy (non-hydrogen) atoms. The lowest BCUT2D eigenvalue weighted by Gasteiger charge is -2.36. The van der Waals surface area contributed by atoms with Crippen LogP contribution in [0.2, 0.25) is 0 Å². The normalized spacial score (nSPS) is 27.1. The molecule has 3 atom stereocenters. The van der Waals surface area contributed by atoms with Gasteiger partial charge in [-0.15, -0.1) is 0 Å². The van der Waals surface area contributed by atoms with Crippen molar-refractivity contribution in [3.63, 3.8) is 0 Å². The van der Waals surface area contributed by atoms with Crippen LogP contribution in [0.1, 0.15) is 43.0 Å². The molecule has 1 aliphatic heterocycles. The van der Waals surface area contributed by atoms with Gasteiger partial charge in [-0.3, -0.25) is 0 Å². The van der Waals surface area contributed by atoms with Gasteiger partial charge < -0.3 is 5.32 Å². The van der Waals surface area contributed by atoms with Crippen LogP contribution in [0.4, 0.5) is 0 Å². The Hall–Kier alpha value is -1.60. The summed E-state index contributed by atoms with van der Waals surface area (Å²) in [7, 11) is 0. The Balaban J connectivity index is 1.82. The van der Waals surface area contributed by atoms with Crippen LogP contribution in [-0.2, 0) is 0 Å². The van der Waals surface area contributed by atoms with E-state index in [2.05, 4.69) is 72.9 Å². The summed E-state index contributed by atoms with van der Waals surface area (Å²) in [5.41, 5.74) is 2.82. The minimum absolute atomic E-state index is 0.472. The van der Waals surface area contributed by atoms with E-state index in [0.29, 0.717) is 18.0 Å². The number of rotatable bonds is 2. The summed E-state index contributed by atoms with van der Waals surface area (Å²) >= 11 is 0. The number of piperidine rings is 1. The zero-order valence-electron chi connectivity index (χ0n) is 11.4. The third kappa shape index (κ3) is 2.71. The van der Waals surface area contributed by atoms with E-state index in [1.54, 1.807) is 0 Å². The first-order valence-corrected chi connectivity index (χ1v) is 7.20. The molecule has 1 heterocycles. The Labute approximate surface area is 115 Å². The molecule has 0 saturated carbocycles. The van der Waals surface area contributed by atoms with Crippen LogP contribution in [0.15, 0.2) is 60.7 Å². The fraction of sp³-hybridized carbons (Fsp3) is 0.333. The number of hydrogen-bond donors (Lipinski definition) is 1. The van der Waals surface area contributed by atoms with E-state index in [4.69, 9.17) is 0 Å². The third-order valence-corrected chi connectivity index (χ3v) is 4.22. The van der Waals surface area contributed by atoms with E-state index >= 15 is 0 Å². The molecule has 0 bridgehead atoms. The van der Waals surface area contributed by atoms with Gasteiger partial charge in [0.25, 0.3) is 0 Å². The Morgan fingerprint density at radius 2 is 1.37 bits per heavy atom. The van der Waals surface area contributed by atoms with Crippen molar-refractivity contribution in [2.75, 3.05) is 0 Å². The molecule has 2 aromatic carbocycles. The van der Waals surface area contributed by atoms with E-state index in [-0.39, 0.29) is 0 Å². The maximum absolute atomic E-state index is 3.84. The van der Waals surface area contributed by atoms with Gasteiger partial charge in [0.2, 0.25) is 0 Å². The van der Waals surface area contributed by atoms with E-state index in [0.717, 1.165) is 0 Å². The molecular weight excluding hydrogens is 230 g/mol. The highest BCUT2D eigenvalue weighted by Gasteiger charge is 2.28. The molecule has 0 amide bonds. The van der Waals surface area contributed by atoms with Crippen molar-refractivity contribution in [2.45, 2.75) is 31.8 Å². The standard InChI is InChI=1S/C18H21N/c1-14-12-13-17(15-8-4-2-5-9-15)19-18(14)16-10-6-3-7-11-16/h2-11,14,17-19H,12-13H2,1H3. The van der Waals surface area contributed by atoms with Crippen LogP contribution < -0.4 is 5.32 Å². The lowest BCUT2D eigenvalue weighted by atomic mass is 9.83. The molecular formula is C18H21N. The van der Waals surface area contributed by atoms with E-state index in [1.165, 1.54) is 24.0 Å². The van der Waals surface area contributed by atoms with Crippen LogP contribution >= 0.6 is 0 Å². The lowest BCUT2D eigenvalue weighted by Crippen LogP contribution is -2.35. The van der Waals surface area contributed by atoms with Crippen LogP contribution in [0.5, 0.6) is 0 Å². The third-order valence-electron chi connectivity index (χ3n) is 4.22. The molecule has 1 saturated heterocycles. The van der Waals surface area contributed by atoms with E-state index in [9.17, 15) is 0 Å². The lowest BCUT2D eigenvalue weighted by molar-refractivity contribution is 0.249. The first kappa shape index (κ1) is 12.4. The molecule has 98 valence electrons. The second-order valence-electron chi connectivity index (χ2n) is 5.57. The van der Waals surface area contributed by atoms with Gasteiger partial charge in [-0.1, -0.05) is 67.6 Å². The van der Waals surface area contributed by atoms with Crippen molar-refractivity contribution >= 4 is 0 Å². The molecule has 1 fully saturated rings. The molecule has 0 radical (unpaired) electrons. The summed E-state index contributed by atoms with van der Waals surface area (Å²) in [6.07, 6.45) is 2.51. The largest absolute Gasteiger partial charge is 0.303 e. The van der Waals surface area contributed by atoms with Crippen molar-refractivity contribution in [3.05, 3.63) is 71.8 Å². The average Bonchev–Trinajstić information content (AvgIpc) is 2.49. The number of nitrogens with one attached hydrogen (secondary N) is 1. The summed E-state index contributed by atoms with van der Waals surface area (Å²) in [6.45, 7) is 2.35. The molecule has 0 spiro atoms. The molecule has 0 aliphatic carbocycles. The minimum Gasteiger partial charge on any atom is -0.303 e. The van der Waals surface area contributed by atoms with Gasteiger partial charge in [-0.05, 0) is 29.9 Å². The average molecular weight is 251 g/mol. The molecule has 3 rings (SSSR count). The van der Waals surface area contributed by atoms with Crippen molar-refractivity contribution in [2.24, 2.45) is 5.92 Å².